The van der Waals surface area contributed by atoms with E-state index < -0.39 is 18.0 Å². The average molecular weight is 292 g/mol. The molecule has 21 heavy (non-hydrogen) atoms. The molecule has 116 valence electrons. The lowest BCUT2D eigenvalue weighted by atomic mass is 10.0. The highest BCUT2D eigenvalue weighted by atomic mass is 16.4. The standard InChI is InChI=1S/C16H24N2O3/c1-9(2)6-13(15(19)20)17-16(21)18-14-11(4)7-10(3)8-12(14)5/h7-9,13H,6H2,1-5H3,(H,19,20)(H2,17,18,21). The van der Waals surface area contributed by atoms with Gasteiger partial charge in [-0.3, -0.25) is 0 Å². The molecule has 1 aromatic carbocycles. The van der Waals surface area contributed by atoms with E-state index in [0.717, 1.165) is 22.4 Å². The van der Waals surface area contributed by atoms with Gasteiger partial charge in [0.1, 0.15) is 6.04 Å². The summed E-state index contributed by atoms with van der Waals surface area (Å²) >= 11 is 0. The van der Waals surface area contributed by atoms with E-state index in [0.29, 0.717) is 6.42 Å². The number of aliphatic carboxylic acids is 1. The normalized spacial score (nSPS) is 12.1. The minimum atomic E-state index is -1.02. The molecular formula is C16H24N2O3. The lowest BCUT2D eigenvalue weighted by Crippen LogP contribution is -2.43. The second-order valence-electron chi connectivity index (χ2n) is 5.89. The minimum absolute atomic E-state index is 0.189. The summed E-state index contributed by atoms with van der Waals surface area (Å²) in [6.45, 7) is 9.66. The third kappa shape index (κ3) is 5.10. The Kier molecular flexibility index (Phi) is 5.76. The highest BCUT2D eigenvalue weighted by Gasteiger charge is 2.21. The number of carboxylic acids is 1. The van der Waals surface area contributed by atoms with E-state index in [1.165, 1.54) is 0 Å². The number of carbonyl (C=O) groups excluding carboxylic acids is 1. The number of hydrogen-bond acceptors (Lipinski definition) is 2. The Morgan fingerprint density at radius 1 is 1.14 bits per heavy atom. The van der Waals surface area contributed by atoms with Crippen molar-refractivity contribution in [2.45, 2.75) is 47.1 Å². The maximum atomic E-state index is 12.0. The predicted molar refractivity (Wildman–Crippen MR) is 83.7 cm³/mol. The summed E-state index contributed by atoms with van der Waals surface area (Å²) < 4.78 is 0. The number of carbonyl (C=O) groups is 2. The Bertz CT molecular complexity index is 515. The van der Waals surface area contributed by atoms with Gasteiger partial charge in [-0.05, 0) is 44.2 Å². The highest BCUT2D eigenvalue weighted by molar-refractivity contribution is 5.93. The molecule has 0 saturated carbocycles. The first kappa shape index (κ1) is 17.0. The average Bonchev–Trinajstić information content (AvgIpc) is 2.32. The van der Waals surface area contributed by atoms with Gasteiger partial charge in [-0.2, -0.15) is 0 Å². The van der Waals surface area contributed by atoms with Crippen LogP contribution in [-0.2, 0) is 4.79 Å². The first-order valence-electron chi connectivity index (χ1n) is 7.09. The van der Waals surface area contributed by atoms with Gasteiger partial charge in [0, 0.05) is 5.69 Å². The maximum absolute atomic E-state index is 12.0. The van der Waals surface area contributed by atoms with Gasteiger partial charge < -0.3 is 15.7 Å². The summed E-state index contributed by atoms with van der Waals surface area (Å²) in [4.78, 5) is 23.2. The third-order valence-electron chi connectivity index (χ3n) is 3.23. The van der Waals surface area contributed by atoms with Gasteiger partial charge >= 0.3 is 12.0 Å². The van der Waals surface area contributed by atoms with Crippen LogP contribution >= 0.6 is 0 Å². The fourth-order valence-electron chi connectivity index (χ4n) is 2.38. The quantitative estimate of drug-likeness (QED) is 0.779. The molecule has 1 atom stereocenters. The van der Waals surface area contributed by atoms with Crippen molar-refractivity contribution in [2.75, 3.05) is 5.32 Å². The maximum Gasteiger partial charge on any atom is 0.326 e. The van der Waals surface area contributed by atoms with Gasteiger partial charge in [-0.1, -0.05) is 31.5 Å². The molecule has 1 aromatic rings. The summed E-state index contributed by atoms with van der Waals surface area (Å²) in [5.41, 5.74) is 3.77. The Labute approximate surface area is 125 Å². The molecule has 0 heterocycles. The zero-order valence-electron chi connectivity index (χ0n) is 13.3. The minimum Gasteiger partial charge on any atom is -0.480 e. The second-order valence-corrected chi connectivity index (χ2v) is 5.89. The van der Waals surface area contributed by atoms with Crippen LogP contribution in [0, 0.1) is 26.7 Å². The number of nitrogens with one attached hydrogen (secondary N) is 2. The summed E-state index contributed by atoms with van der Waals surface area (Å²) in [6, 6.07) is 2.59. The van der Waals surface area contributed by atoms with Crippen LogP contribution in [0.3, 0.4) is 0 Å². The summed E-state index contributed by atoms with van der Waals surface area (Å²) in [5, 5.41) is 14.4. The van der Waals surface area contributed by atoms with Crippen molar-refractivity contribution in [3.8, 4) is 0 Å². The number of rotatable bonds is 5. The Morgan fingerprint density at radius 3 is 2.10 bits per heavy atom. The molecule has 0 aliphatic carbocycles. The predicted octanol–water partition coefficient (Wildman–Crippen LogP) is 3.23. The number of aryl methyl sites for hydroxylation is 3. The van der Waals surface area contributed by atoms with E-state index in [-0.39, 0.29) is 5.92 Å². The van der Waals surface area contributed by atoms with Crippen molar-refractivity contribution in [2.24, 2.45) is 5.92 Å². The molecule has 3 N–H and O–H groups in total. The van der Waals surface area contributed by atoms with Gasteiger partial charge in [0.2, 0.25) is 0 Å². The molecule has 1 rings (SSSR count). The lowest BCUT2D eigenvalue weighted by molar-refractivity contribution is -0.139. The summed E-state index contributed by atoms with van der Waals surface area (Å²) in [5.74, 6) is -0.828. The van der Waals surface area contributed by atoms with Crippen molar-refractivity contribution in [3.63, 3.8) is 0 Å². The number of anilines is 1. The molecule has 5 heteroatoms. The summed E-state index contributed by atoms with van der Waals surface area (Å²) in [6.07, 6.45) is 0.397. The van der Waals surface area contributed by atoms with E-state index in [1.54, 1.807) is 0 Å². The van der Waals surface area contributed by atoms with Crippen LogP contribution in [0.25, 0.3) is 0 Å². The van der Waals surface area contributed by atoms with E-state index in [4.69, 9.17) is 5.11 Å². The fourth-order valence-corrected chi connectivity index (χ4v) is 2.38. The largest absolute Gasteiger partial charge is 0.480 e. The third-order valence-corrected chi connectivity index (χ3v) is 3.23. The number of hydrogen-bond donors (Lipinski definition) is 3. The fraction of sp³-hybridized carbons (Fsp3) is 0.500. The first-order valence-corrected chi connectivity index (χ1v) is 7.09. The van der Waals surface area contributed by atoms with Crippen LogP contribution in [0.4, 0.5) is 10.5 Å². The molecule has 2 amide bonds. The zero-order chi connectivity index (χ0) is 16.2. The molecule has 0 bridgehead atoms. The van der Waals surface area contributed by atoms with Crippen molar-refractivity contribution < 1.29 is 14.7 Å². The SMILES string of the molecule is Cc1cc(C)c(NC(=O)NC(CC(C)C)C(=O)O)c(C)c1. The number of carboxylic acid groups (broad SMARTS) is 1. The van der Waals surface area contributed by atoms with Crippen LogP contribution in [0.15, 0.2) is 12.1 Å². The molecule has 5 nitrogen and oxygen atoms in total. The van der Waals surface area contributed by atoms with Crippen molar-refractivity contribution in [3.05, 3.63) is 28.8 Å². The molecule has 0 saturated heterocycles. The van der Waals surface area contributed by atoms with E-state index >= 15 is 0 Å². The molecule has 0 aliphatic rings. The van der Waals surface area contributed by atoms with Crippen LogP contribution in [0.5, 0.6) is 0 Å². The van der Waals surface area contributed by atoms with Crippen LogP contribution in [0.1, 0.15) is 37.0 Å². The monoisotopic (exact) mass is 292 g/mol. The molecule has 1 unspecified atom stereocenters. The van der Waals surface area contributed by atoms with Gasteiger partial charge in [0.05, 0.1) is 0 Å². The molecule has 0 radical (unpaired) electrons. The van der Waals surface area contributed by atoms with Gasteiger partial charge in [-0.15, -0.1) is 0 Å². The zero-order valence-corrected chi connectivity index (χ0v) is 13.3. The molecule has 0 aliphatic heterocycles. The van der Waals surface area contributed by atoms with E-state index in [1.807, 2.05) is 46.8 Å². The van der Waals surface area contributed by atoms with Gasteiger partial charge in [0.15, 0.2) is 0 Å². The van der Waals surface area contributed by atoms with Crippen LogP contribution in [0.2, 0.25) is 0 Å². The lowest BCUT2D eigenvalue weighted by Gasteiger charge is -2.18. The Balaban J connectivity index is 2.79. The smallest absolute Gasteiger partial charge is 0.326 e. The number of urea groups is 1. The van der Waals surface area contributed by atoms with E-state index in [2.05, 4.69) is 10.6 Å². The number of amides is 2. The highest BCUT2D eigenvalue weighted by Crippen LogP contribution is 2.21. The van der Waals surface area contributed by atoms with E-state index in [9.17, 15) is 9.59 Å². The number of benzene rings is 1. The van der Waals surface area contributed by atoms with Crippen LogP contribution < -0.4 is 10.6 Å². The Morgan fingerprint density at radius 2 is 1.67 bits per heavy atom. The molecule has 0 fully saturated rings. The van der Waals surface area contributed by atoms with Gasteiger partial charge in [0.25, 0.3) is 0 Å². The van der Waals surface area contributed by atoms with Crippen molar-refractivity contribution >= 4 is 17.7 Å². The molecule has 0 spiro atoms. The first-order chi connectivity index (χ1) is 9.70. The topological polar surface area (TPSA) is 78.4 Å². The van der Waals surface area contributed by atoms with Crippen LogP contribution in [-0.4, -0.2) is 23.1 Å². The molecule has 0 aromatic heterocycles. The Hall–Kier alpha value is -2.04. The summed E-state index contributed by atoms with van der Waals surface area (Å²) in [7, 11) is 0. The second kappa shape index (κ2) is 7.11. The van der Waals surface area contributed by atoms with Crippen molar-refractivity contribution in [1.82, 2.24) is 5.32 Å². The molecular weight excluding hydrogens is 268 g/mol. The van der Waals surface area contributed by atoms with Crippen molar-refractivity contribution in [1.29, 1.82) is 0 Å². The van der Waals surface area contributed by atoms with Gasteiger partial charge in [-0.25, -0.2) is 9.59 Å².